The topological polar surface area (TPSA) is 25.0 Å². The molecule has 0 aliphatic carbocycles. The molecule has 3 heteroatoms. The summed E-state index contributed by atoms with van der Waals surface area (Å²) in [6.45, 7) is 2.03. The van der Waals surface area contributed by atoms with E-state index in [1.54, 1.807) is 7.11 Å². The van der Waals surface area contributed by atoms with E-state index < -0.39 is 0 Å². The van der Waals surface area contributed by atoms with Crippen LogP contribution >= 0.6 is 11.6 Å². The molecule has 1 aromatic heterocycles. The van der Waals surface area contributed by atoms with Crippen molar-refractivity contribution in [2.75, 3.05) is 13.0 Å². The maximum atomic E-state index is 5.63. The van der Waals surface area contributed by atoms with Crippen LogP contribution in [0.2, 0.25) is 0 Å². The van der Waals surface area contributed by atoms with E-state index in [0.29, 0.717) is 5.88 Å². The van der Waals surface area contributed by atoms with Crippen LogP contribution in [-0.2, 0) is 0 Å². The molecule has 104 valence electrons. The van der Waals surface area contributed by atoms with Gasteiger partial charge in [0.1, 0.15) is 5.75 Å². The van der Waals surface area contributed by atoms with Crippen molar-refractivity contribution in [1.82, 2.24) is 4.98 Å². The van der Waals surface area contributed by atoms with E-state index in [1.807, 2.05) is 25.1 Å². The number of aromatic nitrogens is 1. The van der Waals surface area contributed by atoms with Crippen LogP contribution < -0.4 is 4.74 Å². The van der Waals surface area contributed by atoms with Gasteiger partial charge < -0.3 is 9.72 Å². The van der Waals surface area contributed by atoms with Gasteiger partial charge in [-0.2, -0.15) is 0 Å². The Morgan fingerprint density at radius 3 is 2.75 bits per heavy atom. The van der Waals surface area contributed by atoms with E-state index in [9.17, 15) is 0 Å². The molecular formula is C17H18ClNO. The van der Waals surface area contributed by atoms with Gasteiger partial charge in [0.2, 0.25) is 0 Å². The summed E-state index contributed by atoms with van der Waals surface area (Å²) in [5.41, 5.74) is 4.20. The van der Waals surface area contributed by atoms with Gasteiger partial charge in [0, 0.05) is 34.8 Å². The third kappa shape index (κ3) is 3.59. The Hall–Kier alpha value is -1.85. The third-order valence-electron chi connectivity index (χ3n) is 2.99. The molecule has 0 bridgehead atoms. The largest absolute Gasteiger partial charge is 0.496 e. The lowest BCUT2D eigenvalue weighted by Crippen LogP contribution is -1.89. The summed E-state index contributed by atoms with van der Waals surface area (Å²) in [6.07, 6.45) is 1.74. The second-order valence-corrected chi connectivity index (χ2v) is 4.94. The lowest BCUT2D eigenvalue weighted by Gasteiger charge is -2.07. The fourth-order valence-electron chi connectivity index (χ4n) is 1.97. The standard InChI is InChI=1S/C17H18ClNO/c1-13-7-10-16(19-13)15-9-8-14(12-17(15)20-2)6-4-3-5-11-18/h7-10,12,19H,3,5,11H2,1-2H3. The number of hydrogen-bond donors (Lipinski definition) is 1. The number of benzene rings is 1. The maximum absolute atomic E-state index is 5.63. The zero-order chi connectivity index (χ0) is 14.4. The summed E-state index contributed by atoms with van der Waals surface area (Å²) in [6, 6.07) is 10.1. The molecule has 2 nitrogen and oxygen atoms in total. The number of aromatic amines is 1. The smallest absolute Gasteiger partial charge is 0.129 e. The predicted molar refractivity (Wildman–Crippen MR) is 84.3 cm³/mol. The van der Waals surface area contributed by atoms with E-state index in [1.165, 1.54) is 0 Å². The first-order valence-electron chi connectivity index (χ1n) is 6.63. The quantitative estimate of drug-likeness (QED) is 0.504. The minimum Gasteiger partial charge on any atom is -0.496 e. The second kappa shape index (κ2) is 7.07. The monoisotopic (exact) mass is 287 g/mol. The number of ether oxygens (including phenoxy) is 1. The number of unbranched alkanes of at least 4 members (excludes halogenated alkanes) is 1. The third-order valence-corrected chi connectivity index (χ3v) is 3.26. The summed E-state index contributed by atoms with van der Waals surface area (Å²) in [7, 11) is 1.68. The van der Waals surface area contributed by atoms with E-state index >= 15 is 0 Å². The first-order valence-corrected chi connectivity index (χ1v) is 7.17. The molecule has 2 rings (SSSR count). The SMILES string of the molecule is COc1cc(C#CCCCCl)ccc1-c1ccc(C)[nH]1. The highest BCUT2D eigenvalue weighted by molar-refractivity contribution is 6.17. The van der Waals surface area contributed by atoms with E-state index in [4.69, 9.17) is 16.3 Å². The predicted octanol–water partition coefficient (Wildman–Crippen LogP) is 4.37. The summed E-state index contributed by atoms with van der Waals surface area (Å²) in [5, 5.41) is 0. The Bertz CT molecular complexity index is 634. The highest BCUT2D eigenvalue weighted by Gasteiger charge is 2.07. The first-order chi connectivity index (χ1) is 9.74. The van der Waals surface area contributed by atoms with Gasteiger partial charge in [-0.3, -0.25) is 0 Å². The van der Waals surface area contributed by atoms with Gasteiger partial charge in [-0.1, -0.05) is 11.8 Å². The highest BCUT2D eigenvalue weighted by Crippen LogP contribution is 2.30. The number of aryl methyl sites for hydroxylation is 1. The lowest BCUT2D eigenvalue weighted by atomic mass is 10.1. The molecule has 0 spiro atoms. The van der Waals surface area contributed by atoms with Gasteiger partial charge in [-0.25, -0.2) is 0 Å². The van der Waals surface area contributed by atoms with Crippen molar-refractivity contribution < 1.29 is 4.74 Å². The molecule has 0 unspecified atom stereocenters. The molecule has 1 N–H and O–H groups in total. The van der Waals surface area contributed by atoms with Crippen molar-refractivity contribution in [1.29, 1.82) is 0 Å². The van der Waals surface area contributed by atoms with Gasteiger partial charge in [-0.15, -0.1) is 11.6 Å². The second-order valence-electron chi connectivity index (χ2n) is 4.56. The summed E-state index contributed by atoms with van der Waals surface area (Å²) in [5.74, 6) is 7.74. The van der Waals surface area contributed by atoms with Crippen molar-refractivity contribution in [3.8, 4) is 28.8 Å². The van der Waals surface area contributed by atoms with Crippen molar-refractivity contribution >= 4 is 11.6 Å². The molecule has 1 aromatic carbocycles. The van der Waals surface area contributed by atoms with Gasteiger partial charge in [0.25, 0.3) is 0 Å². The summed E-state index contributed by atoms with van der Waals surface area (Å²) in [4.78, 5) is 3.32. The van der Waals surface area contributed by atoms with Gasteiger partial charge >= 0.3 is 0 Å². The Morgan fingerprint density at radius 1 is 1.25 bits per heavy atom. The fraction of sp³-hybridized carbons (Fsp3) is 0.294. The number of alkyl halides is 1. The number of halogens is 1. The van der Waals surface area contributed by atoms with Crippen LogP contribution in [0.3, 0.4) is 0 Å². The minimum absolute atomic E-state index is 0.656. The van der Waals surface area contributed by atoms with E-state index in [0.717, 1.165) is 41.1 Å². The summed E-state index contributed by atoms with van der Waals surface area (Å²) >= 11 is 5.63. The van der Waals surface area contributed by atoms with Crippen LogP contribution in [0.15, 0.2) is 30.3 Å². The molecule has 0 saturated heterocycles. The molecule has 20 heavy (non-hydrogen) atoms. The first kappa shape index (κ1) is 14.6. The molecule has 0 aliphatic rings. The van der Waals surface area contributed by atoms with Crippen LogP contribution in [0, 0.1) is 18.8 Å². The van der Waals surface area contributed by atoms with Crippen LogP contribution in [0.4, 0.5) is 0 Å². The van der Waals surface area contributed by atoms with Crippen molar-refractivity contribution in [3.05, 3.63) is 41.6 Å². The molecule has 0 saturated carbocycles. The van der Waals surface area contributed by atoms with Gasteiger partial charge in [-0.05, 0) is 43.7 Å². The number of rotatable bonds is 4. The Labute approximate surface area is 125 Å². The number of hydrogen-bond acceptors (Lipinski definition) is 1. The number of methoxy groups -OCH3 is 1. The van der Waals surface area contributed by atoms with Crippen molar-refractivity contribution in [3.63, 3.8) is 0 Å². The van der Waals surface area contributed by atoms with Crippen LogP contribution in [0.25, 0.3) is 11.3 Å². The molecule has 0 fully saturated rings. The number of H-pyrrole nitrogens is 1. The highest BCUT2D eigenvalue weighted by atomic mass is 35.5. The Morgan fingerprint density at radius 2 is 2.10 bits per heavy atom. The van der Waals surface area contributed by atoms with Crippen molar-refractivity contribution in [2.45, 2.75) is 19.8 Å². The lowest BCUT2D eigenvalue weighted by molar-refractivity contribution is 0.416. The summed E-state index contributed by atoms with van der Waals surface area (Å²) < 4.78 is 5.47. The van der Waals surface area contributed by atoms with E-state index in [-0.39, 0.29) is 0 Å². The van der Waals surface area contributed by atoms with Crippen LogP contribution in [-0.4, -0.2) is 18.0 Å². The molecule has 0 aliphatic heterocycles. The average Bonchev–Trinajstić information content (AvgIpc) is 2.90. The zero-order valence-corrected chi connectivity index (χ0v) is 12.6. The van der Waals surface area contributed by atoms with Gasteiger partial charge in [0.15, 0.2) is 0 Å². The molecule has 0 atom stereocenters. The number of nitrogens with one attached hydrogen (secondary N) is 1. The molecule has 0 radical (unpaired) electrons. The van der Waals surface area contributed by atoms with E-state index in [2.05, 4.69) is 29.0 Å². The fourth-order valence-corrected chi connectivity index (χ4v) is 2.11. The van der Waals surface area contributed by atoms with Gasteiger partial charge in [0.05, 0.1) is 7.11 Å². The molecule has 1 heterocycles. The van der Waals surface area contributed by atoms with Crippen molar-refractivity contribution in [2.24, 2.45) is 0 Å². The molecule has 2 aromatic rings. The van der Waals surface area contributed by atoms with Crippen LogP contribution in [0.1, 0.15) is 24.1 Å². The molecule has 0 amide bonds. The average molecular weight is 288 g/mol. The minimum atomic E-state index is 0.656. The maximum Gasteiger partial charge on any atom is 0.129 e. The Balaban J connectivity index is 2.25. The molecular weight excluding hydrogens is 270 g/mol. The normalized spacial score (nSPS) is 9.95. The Kier molecular flexibility index (Phi) is 5.15. The zero-order valence-electron chi connectivity index (χ0n) is 11.8. The van der Waals surface area contributed by atoms with Crippen LogP contribution in [0.5, 0.6) is 5.75 Å².